The SMILES string of the molecule is C1CCC[Se][Se][Se][Se][Se][Se]CCC1. The molecule has 0 nitrogen and oxygen atoms in total. The Bertz CT molecular complexity index is 61.1. The second kappa shape index (κ2) is 11.6. The summed E-state index contributed by atoms with van der Waals surface area (Å²) in [5, 5.41) is 3.26. The fourth-order valence-electron chi connectivity index (χ4n) is 0.982. The van der Waals surface area contributed by atoms with Crippen LogP contribution in [0.5, 0.6) is 0 Å². The molecule has 0 aliphatic carbocycles. The Morgan fingerprint density at radius 1 is 0.462 bits per heavy atom. The molecule has 78 valence electrons. The summed E-state index contributed by atoms with van der Waals surface area (Å²) >= 11 is 6.96. The first kappa shape index (κ1) is 14.2. The summed E-state index contributed by atoms with van der Waals surface area (Å²) in [4.78, 5) is 0. The second-order valence-corrected chi connectivity index (χ2v) is 48.4. The molecule has 0 aromatic carbocycles. The van der Waals surface area contributed by atoms with Crippen LogP contribution in [0.2, 0.25) is 10.6 Å². The summed E-state index contributed by atoms with van der Waals surface area (Å²) in [5.41, 5.74) is 0. The minimum atomic E-state index is 1.12. The summed E-state index contributed by atoms with van der Waals surface area (Å²) in [6, 6.07) is 0. The van der Waals surface area contributed by atoms with E-state index in [2.05, 4.69) is 0 Å². The molecule has 0 spiro atoms. The van der Waals surface area contributed by atoms with E-state index in [0.717, 1.165) is 26.3 Å². The molecule has 1 fully saturated rings. The van der Waals surface area contributed by atoms with Gasteiger partial charge in [-0.15, -0.1) is 0 Å². The molecule has 0 saturated carbocycles. The van der Waals surface area contributed by atoms with Gasteiger partial charge in [-0.2, -0.15) is 0 Å². The van der Waals surface area contributed by atoms with E-state index in [4.69, 9.17) is 0 Å². The molecular formula is C7H14Se6. The predicted octanol–water partition coefficient (Wildman–Crippen LogP) is 0.587. The van der Waals surface area contributed by atoms with E-state index in [0.29, 0.717) is 0 Å². The van der Waals surface area contributed by atoms with Crippen LogP contribution in [0.25, 0.3) is 0 Å². The Hall–Kier alpha value is 3.12. The van der Waals surface area contributed by atoms with Crippen LogP contribution in [0.1, 0.15) is 32.1 Å². The van der Waals surface area contributed by atoms with Crippen LogP contribution in [0, 0.1) is 0 Å². The number of hydrogen-bond donors (Lipinski definition) is 0. The molecule has 1 heterocycles. The molecule has 0 N–H and O–H groups in total. The Morgan fingerprint density at radius 3 is 1.46 bits per heavy atom. The van der Waals surface area contributed by atoms with Crippen molar-refractivity contribution < 1.29 is 0 Å². The molecule has 0 radical (unpaired) electrons. The van der Waals surface area contributed by atoms with Crippen molar-refractivity contribution >= 4 is 71.5 Å². The van der Waals surface area contributed by atoms with E-state index >= 15 is 0 Å². The van der Waals surface area contributed by atoms with Gasteiger partial charge in [0.05, 0.1) is 0 Å². The summed E-state index contributed by atoms with van der Waals surface area (Å²) in [7, 11) is 0. The third-order valence-corrected chi connectivity index (χ3v) is 81.2. The molecule has 1 rings (SSSR count). The van der Waals surface area contributed by atoms with Gasteiger partial charge in [-0.1, -0.05) is 0 Å². The van der Waals surface area contributed by atoms with Crippen molar-refractivity contribution in [3.05, 3.63) is 0 Å². The molecule has 0 aromatic rings. The van der Waals surface area contributed by atoms with Gasteiger partial charge in [-0.25, -0.2) is 0 Å². The zero-order chi connectivity index (χ0) is 9.19. The van der Waals surface area contributed by atoms with E-state index < -0.39 is 0 Å². The molecule has 1 aliphatic rings. The van der Waals surface area contributed by atoms with E-state index in [-0.39, 0.29) is 0 Å². The van der Waals surface area contributed by atoms with Gasteiger partial charge in [0.15, 0.2) is 0 Å². The van der Waals surface area contributed by atoms with Crippen molar-refractivity contribution in [2.75, 3.05) is 0 Å². The van der Waals surface area contributed by atoms with Crippen LogP contribution >= 0.6 is 0 Å². The minimum absolute atomic E-state index is 1.12. The van der Waals surface area contributed by atoms with Crippen molar-refractivity contribution in [1.29, 1.82) is 0 Å². The monoisotopic (exact) mass is 578 g/mol. The summed E-state index contributed by atoms with van der Waals surface area (Å²) in [6.45, 7) is 0. The first-order valence-electron chi connectivity index (χ1n) is 4.41. The third kappa shape index (κ3) is 10.0. The van der Waals surface area contributed by atoms with Gasteiger partial charge in [0, 0.05) is 0 Å². The van der Waals surface area contributed by atoms with Gasteiger partial charge in [0.1, 0.15) is 0 Å². The number of rotatable bonds is 0. The topological polar surface area (TPSA) is 0 Å². The molecule has 1 saturated heterocycles. The molecule has 0 aromatic heterocycles. The van der Waals surface area contributed by atoms with Crippen molar-refractivity contribution in [2.45, 2.75) is 42.7 Å². The van der Waals surface area contributed by atoms with Crippen molar-refractivity contribution in [3.8, 4) is 0 Å². The summed E-state index contributed by atoms with van der Waals surface area (Å²) in [5.74, 6) is 0. The zero-order valence-corrected chi connectivity index (χ0v) is 17.7. The number of hydrogen-bond acceptors (Lipinski definition) is 0. The first-order chi connectivity index (χ1) is 6.50. The van der Waals surface area contributed by atoms with Crippen LogP contribution < -0.4 is 0 Å². The van der Waals surface area contributed by atoms with E-state index in [9.17, 15) is 0 Å². The molecule has 1 aliphatic heterocycles. The van der Waals surface area contributed by atoms with Crippen LogP contribution in [0.15, 0.2) is 0 Å². The molecule has 0 atom stereocenters. The maximum atomic E-state index is 1.63. The van der Waals surface area contributed by atoms with E-state index in [1.165, 1.54) is 45.2 Å². The average Bonchev–Trinajstić information content (AvgIpc) is 2.18. The van der Waals surface area contributed by atoms with Gasteiger partial charge >= 0.3 is 114 Å². The normalized spacial score (nSPS) is 24.0. The molecule has 6 heteroatoms. The van der Waals surface area contributed by atoms with Crippen molar-refractivity contribution in [2.24, 2.45) is 0 Å². The molecular weight excluding hydrogens is 558 g/mol. The first-order valence-corrected chi connectivity index (χ1v) is 28.5. The maximum absolute atomic E-state index is 1.63. The predicted molar refractivity (Wildman–Crippen MR) is 67.2 cm³/mol. The Morgan fingerprint density at radius 2 is 0.923 bits per heavy atom. The van der Waals surface area contributed by atoms with Gasteiger partial charge in [-0.05, 0) is 0 Å². The van der Waals surface area contributed by atoms with Crippen molar-refractivity contribution in [3.63, 3.8) is 0 Å². The molecule has 0 bridgehead atoms. The fraction of sp³-hybridized carbons (Fsp3) is 1.00. The van der Waals surface area contributed by atoms with Gasteiger partial charge in [0.2, 0.25) is 0 Å². The molecule has 0 unspecified atom stereocenters. The van der Waals surface area contributed by atoms with Crippen molar-refractivity contribution in [1.82, 2.24) is 0 Å². The second-order valence-electron chi connectivity index (χ2n) is 2.68. The quantitative estimate of drug-likeness (QED) is 0.374. The van der Waals surface area contributed by atoms with Crippen LogP contribution in [-0.2, 0) is 0 Å². The molecule has 0 amide bonds. The van der Waals surface area contributed by atoms with Crippen LogP contribution in [0.3, 0.4) is 0 Å². The fourth-order valence-corrected chi connectivity index (χ4v) is 129. The Labute approximate surface area is 112 Å². The van der Waals surface area contributed by atoms with Gasteiger partial charge < -0.3 is 0 Å². The van der Waals surface area contributed by atoms with Crippen LogP contribution in [0.4, 0.5) is 0 Å². The van der Waals surface area contributed by atoms with Crippen LogP contribution in [-0.4, -0.2) is 71.5 Å². The van der Waals surface area contributed by atoms with E-state index in [1.807, 2.05) is 0 Å². The zero-order valence-electron chi connectivity index (χ0n) is 7.40. The Kier molecular flexibility index (Phi) is 12.6. The molecule has 13 heavy (non-hydrogen) atoms. The van der Waals surface area contributed by atoms with E-state index in [1.54, 1.807) is 42.7 Å². The van der Waals surface area contributed by atoms with Gasteiger partial charge in [0.25, 0.3) is 0 Å². The standard InChI is InChI=1S/C7H14Se6/c1-2-4-6-8-10-12-13-11-9-7-5-3-1/h1-7H2. The third-order valence-electron chi connectivity index (χ3n) is 1.63. The Balaban J connectivity index is 2.01. The average molecular weight is 572 g/mol. The van der Waals surface area contributed by atoms with Gasteiger partial charge in [-0.3, -0.25) is 0 Å². The summed E-state index contributed by atoms with van der Waals surface area (Å²) < 4.78 is 0. The summed E-state index contributed by atoms with van der Waals surface area (Å²) in [6.07, 6.45) is 7.78.